The molecule has 1 rings (SSSR count). The molecule has 1 atom stereocenters. The van der Waals surface area contributed by atoms with Crippen molar-refractivity contribution < 1.29 is 9.21 Å². The average Bonchev–Trinajstić information content (AvgIpc) is 2.75. The highest BCUT2D eigenvalue weighted by Gasteiger charge is 2.11. The molecule has 0 saturated heterocycles. The SMILES string of the molecule is CCN[C@H](C)CNC(=O)c1ccc(SC)o1.Cl. The summed E-state index contributed by atoms with van der Waals surface area (Å²) in [7, 11) is 0. The predicted molar refractivity (Wildman–Crippen MR) is 73.2 cm³/mol. The van der Waals surface area contributed by atoms with Crippen molar-refractivity contribution in [2.45, 2.75) is 25.0 Å². The van der Waals surface area contributed by atoms with E-state index in [1.165, 1.54) is 11.8 Å². The minimum absolute atomic E-state index is 0. The zero-order valence-electron chi connectivity index (χ0n) is 10.3. The molecule has 1 aromatic heterocycles. The summed E-state index contributed by atoms with van der Waals surface area (Å²) in [4.78, 5) is 11.6. The first-order valence-electron chi connectivity index (χ1n) is 5.32. The molecule has 0 saturated carbocycles. The van der Waals surface area contributed by atoms with Gasteiger partial charge in [-0.3, -0.25) is 4.79 Å². The number of amides is 1. The van der Waals surface area contributed by atoms with Crippen LogP contribution in [0.4, 0.5) is 0 Å². The van der Waals surface area contributed by atoms with Gasteiger partial charge in [0.05, 0.1) is 0 Å². The van der Waals surface area contributed by atoms with Gasteiger partial charge in [-0.15, -0.1) is 12.4 Å². The molecule has 1 heterocycles. The lowest BCUT2D eigenvalue weighted by Crippen LogP contribution is -2.38. The smallest absolute Gasteiger partial charge is 0.287 e. The molecule has 0 aliphatic carbocycles. The van der Waals surface area contributed by atoms with Crippen molar-refractivity contribution >= 4 is 30.1 Å². The van der Waals surface area contributed by atoms with Crippen LogP contribution in [0.3, 0.4) is 0 Å². The molecule has 0 aromatic carbocycles. The fourth-order valence-corrected chi connectivity index (χ4v) is 1.68. The second-order valence-corrected chi connectivity index (χ2v) is 4.30. The number of furan rings is 1. The summed E-state index contributed by atoms with van der Waals surface area (Å²) in [5, 5.41) is 6.79. The van der Waals surface area contributed by atoms with Crippen molar-refractivity contribution in [2.24, 2.45) is 0 Å². The summed E-state index contributed by atoms with van der Waals surface area (Å²) in [5.74, 6) is 0.207. The first-order chi connectivity index (χ1) is 7.67. The molecule has 0 aliphatic rings. The van der Waals surface area contributed by atoms with Gasteiger partial charge in [0.15, 0.2) is 10.9 Å². The Morgan fingerprint density at radius 2 is 2.24 bits per heavy atom. The molecular formula is C11H19ClN2O2S. The Morgan fingerprint density at radius 1 is 1.53 bits per heavy atom. The number of halogens is 1. The van der Waals surface area contributed by atoms with Crippen LogP contribution in [0.1, 0.15) is 24.4 Å². The fourth-order valence-electron chi connectivity index (χ4n) is 1.31. The summed E-state index contributed by atoms with van der Waals surface area (Å²) >= 11 is 1.48. The minimum Gasteiger partial charge on any atom is -0.445 e. The van der Waals surface area contributed by atoms with E-state index in [9.17, 15) is 4.79 Å². The van der Waals surface area contributed by atoms with Crippen LogP contribution in [0.25, 0.3) is 0 Å². The molecule has 0 fully saturated rings. The van der Waals surface area contributed by atoms with Gasteiger partial charge in [0.25, 0.3) is 5.91 Å². The number of nitrogens with one attached hydrogen (secondary N) is 2. The van der Waals surface area contributed by atoms with Gasteiger partial charge in [0.2, 0.25) is 0 Å². The van der Waals surface area contributed by atoms with E-state index in [4.69, 9.17) is 4.42 Å². The van der Waals surface area contributed by atoms with Gasteiger partial charge in [-0.2, -0.15) is 0 Å². The topological polar surface area (TPSA) is 54.3 Å². The average molecular weight is 279 g/mol. The van der Waals surface area contributed by atoms with E-state index in [1.54, 1.807) is 12.1 Å². The molecule has 0 bridgehead atoms. The molecular weight excluding hydrogens is 260 g/mol. The molecule has 4 nitrogen and oxygen atoms in total. The highest BCUT2D eigenvalue weighted by atomic mass is 35.5. The second kappa shape index (κ2) is 8.44. The van der Waals surface area contributed by atoms with Crippen LogP contribution < -0.4 is 10.6 Å². The molecule has 1 aromatic rings. The zero-order chi connectivity index (χ0) is 12.0. The standard InChI is InChI=1S/C11H18N2O2S.ClH/c1-4-12-8(2)7-13-11(14)9-5-6-10(15-9)16-3;/h5-6,8,12H,4,7H2,1-3H3,(H,13,14);1H/t8-;/m1./s1. The fraction of sp³-hybridized carbons (Fsp3) is 0.545. The number of hydrogen-bond acceptors (Lipinski definition) is 4. The maximum absolute atomic E-state index is 11.6. The lowest BCUT2D eigenvalue weighted by Gasteiger charge is -2.12. The monoisotopic (exact) mass is 278 g/mol. The molecule has 2 N–H and O–H groups in total. The summed E-state index contributed by atoms with van der Waals surface area (Å²) in [6, 6.07) is 3.76. The molecule has 98 valence electrons. The number of carbonyl (C=O) groups excluding carboxylic acids is 1. The van der Waals surface area contributed by atoms with E-state index in [-0.39, 0.29) is 24.4 Å². The van der Waals surface area contributed by atoms with Crippen molar-refractivity contribution in [1.82, 2.24) is 10.6 Å². The van der Waals surface area contributed by atoms with Crippen LogP contribution in [-0.4, -0.2) is 31.3 Å². The molecule has 0 spiro atoms. The Balaban J connectivity index is 0.00000256. The quantitative estimate of drug-likeness (QED) is 0.783. The van der Waals surface area contributed by atoms with Crippen LogP contribution in [0, 0.1) is 0 Å². The van der Waals surface area contributed by atoms with Gasteiger partial charge in [0, 0.05) is 12.6 Å². The van der Waals surface area contributed by atoms with E-state index < -0.39 is 0 Å². The summed E-state index contributed by atoms with van der Waals surface area (Å²) in [6.45, 7) is 5.56. The lowest BCUT2D eigenvalue weighted by atomic mass is 10.3. The Hall–Kier alpha value is -0.650. The largest absolute Gasteiger partial charge is 0.445 e. The van der Waals surface area contributed by atoms with Gasteiger partial charge in [0.1, 0.15) is 0 Å². The Kier molecular flexibility index (Phi) is 8.12. The lowest BCUT2D eigenvalue weighted by molar-refractivity contribution is 0.0917. The van der Waals surface area contributed by atoms with Gasteiger partial charge >= 0.3 is 0 Å². The Morgan fingerprint density at radius 3 is 2.76 bits per heavy atom. The second-order valence-electron chi connectivity index (χ2n) is 3.49. The van der Waals surface area contributed by atoms with Crippen LogP contribution in [0.15, 0.2) is 21.6 Å². The van der Waals surface area contributed by atoms with Crippen LogP contribution in [-0.2, 0) is 0 Å². The highest BCUT2D eigenvalue weighted by molar-refractivity contribution is 7.98. The Bertz CT molecular complexity index is 344. The molecule has 0 aliphatic heterocycles. The minimum atomic E-state index is -0.162. The van der Waals surface area contributed by atoms with E-state index in [2.05, 4.69) is 10.6 Å². The molecule has 6 heteroatoms. The first kappa shape index (κ1) is 16.4. The molecule has 0 radical (unpaired) electrons. The Labute approximate surface area is 112 Å². The highest BCUT2D eigenvalue weighted by Crippen LogP contribution is 2.17. The maximum Gasteiger partial charge on any atom is 0.287 e. The van der Waals surface area contributed by atoms with Crippen molar-refractivity contribution in [3.05, 3.63) is 17.9 Å². The molecule has 0 unspecified atom stereocenters. The third-order valence-electron chi connectivity index (χ3n) is 2.13. The zero-order valence-corrected chi connectivity index (χ0v) is 11.9. The van der Waals surface area contributed by atoms with Gasteiger partial charge in [-0.1, -0.05) is 18.7 Å². The van der Waals surface area contributed by atoms with E-state index in [0.29, 0.717) is 12.3 Å². The number of rotatable bonds is 6. The number of thioether (sulfide) groups is 1. The van der Waals surface area contributed by atoms with Crippen LogP contribution >= 0.6 is 24.2 Å². The summed E-state index contributed by atoms with van der Waals surface area (Å²) < 4.78 is 5.32. The maximum atomic E-state index is 11.6. The van der Waals surface area contributed by atoms with Gasteiger partial charge in [-0.25, -0.2) is 0 Å². The number of likely N-dealkylation sites (N-methyl/N-ethyl adjacent to an activating group) is 1. The first-order valence-corrected chi connectivity index (χ1v) is 6.55. The summed E-state index contributed by atoms with van der Waals surface area (Å²) in [6.07, 6.45) is 1.91. The molecule has 17 heavy (non-hydrogen) atoms. The van der Waals surface area contributed by atoms with E-state index >= 15 is 0 Å². The van der Waals surface area contributed by atoms with Crippen LogP contribution in [0.5, 0.6) is 0 Å². The number of hydrogen-bond donors (Lipinski definition) is 2. The van der Waals surface area contributed by atoms with Crippen LogP contribution in [0.2, 0.25) is 0 Å². The predicted octanol–water partition coefficient (Wildman–Crippen LogP) is 2.15. The molecule has 1 amide bonds. The van der Waals surface area contributed by atoms with Gasteiger partial charge in [-0.05, 0) is 31.9 Å². The van der Waals surface area contributed by atoms with E-state index in [0.717, 1.165) is 11.6 Å². The third kappa shape index (κ3) is 5.48. The van der Waals surface area contributed by atoms with Crippen molar-refractivity contribution in [3.8, 4) is 0 Å². The van der Waals surface area contributed by atoms with Crippen molar-refractivity contribution in [2.75, 3.05) is 19.3 Å². The third-order valence-corrected chi connectivity index (χ3v) is 2.75. The van der Waals surface area contributed by atoms with Gasteiger partial charge < -0.3 is 15.1 Å². The van der Waals surface area contributed by atoms with E-state index in [1.807, 2.05) is 20.1 Å². The van der Waals surface area contributed by atoms with Crippen molar-refractivity contribution in [1.29, 1.82) is 0 Å². The number of carbonyl (C=O) groups is 1. The summed E-state index contributed by atoms with van der Waals surface area (Å²) in [5.41, 5.74) is 0. The van der Waals surface area contributed by atoms with Crippen molar-refractivity contribution in [3.63, 3.8) is 0 Å². The normalized spacial score (nSPS) is 11.7.